The molecule has 1 aromatic carbocycles. The number of nitrogens with one attached hydrogen (secondary N) is 2. The van der Waals surface area contributed by atoms with Gasteiger partial charge in [-0.2, -0.15) is 0 Å². The number of benzene rings is 1. The van der Waals surface area contributed by atoms with E-state index in [4.69, 9.17) is 11.6 Å². The van der Waals surface area contributed by atoms with Gasteiger partial charge in [0, 0.05) is 18.0 Å². The van der Waals surface area contributed by atoms with Gasteiger partial charge in [-0.25, -0.2) is 12.8 Å². The number of carbonyl (C=O) groups is 1. The minimum atomic E-state index is -3.58. The lowest BCUT2D eigenvalue weighted by molar-refractivity contribution is -0.115. The summed E-state index contributed by atoms with van der Waals surface area (Å²) >= 11 is 5.39. The van der Waals surface area contributed by atoms with E-state index in [0.29, 0.717) is 0 Å². The first-order valence-corrected chi connectivity index (χ1v) is 7.37. The Hall–Kier alpha value is -1.34. The number of alkyl halides is 1. The van der Waals surface area contributed by atoms with Crippen molar-refractivity contribution in [1.82, 2.24) is 0 Å². The highest BCUT2D eigenvalue weighted by molar-refractivity contribution is 7.92. The maximum atomic E-state index is 13.3. The Labute approximate surface area is 109 Å². The summed E-state index contributed by atoms with van der Waals surface area (Å²) in [6.45, 7) is 0. The Morgan fingerprint density at radius 2 is 2.11 bits per heavy atom. The van der Waals surface area contributed by atoms with E-state index in [0.717, 1.165) is 12.3 Å². The molecule has 0 saturated heterocycles. The maximum Gasteiger partial charge on any atom is 0.229 e. The summed E-state index contributed by atoms with van der Waals surface area (Å²) < 4.78 is 37.4. The third kappa shape index (κ3) is 4.89. The molecular weight excluding hydrogens is 283 g/mol. The van der Waals surface area contributed by atoms with Gasteiger partial charge in [-0.1, -0.05) is 0 Å². The molecule has 0 bridgehead atoms. The molecule has 1 aromatic rings. The van der Waals surface area contributed by atoms with Gasteiger partial charge in [-0.05, 0) is 18.2 Å². The normalized spacial score (nSPS) is 11.1. The van der Waals surface area contributed by atoms with Crippen molar-refractivity contribution in [3.05, 3.63) is 24.0 Å². The van der Waals surface area contributed by atoms with Crippen LogP contribution in [0.1, 0.15) is 6.42 Å². The van der Waals surface area contributed by atoms with Gasteiger partial charge in [-0.15, -0.1) is 11.6 Å². The lowest BCUT2D eigenvalue weighted by atomic mass is 10.2. The second-order valence-corrected chi connectivity index (χ2v) is 5.68. The highest BCUT2D eigenvalue weighted by Crippen LogP contribution is 2.20. The monoisotopic (exact) mass is 294 g/mol. The molecule has 1 rings (SSSR count). The molecule has 8 heteroatoms. The number of sulfonamides is 1. The van der Waals surface area contributed by atoms with Crippen LogP contribution in [-0.4, -0.2) is 26.5 Å². The number of rotatable bonds is 5. The number of hydrogen-bond donors (Lipinski definition) is 2. The van der Waals surface area contributed by atoms with Gasteiger partial charge in [0.05, 0.1) is 11.9 Å². The summed E-state index contributed by atoms with van der Waals surface area (Å²) in [5.74, 6) is -0.890. The number of hydrogen-bond acceptors (Lipinski definition) is 3. The summed E-state index contributed by atoms with van der Waals surface area (Å²) in [5, 5.41) is 2.47. The molecule has 0 aliphatic rings. The van der Waals surface area contributed by atoms with Crippen LogP contribution in [0.5, 0.6) is 0 Å². The number of anilines is 2. The molecular formula is C10H12ClFN2O3S. The first-order chi connectivity index (χ1) is 8.31. The highest BCUT2D eigenvalue weighted by Gasteiger charge is 2.09. The zero-order chi connectivity index (χ0) is 13.8. The zero-order valence-corrected chi connectivity index (χ0v) is 11.1. The van der Waals surface area contributed by atoms with Gasteiger partial charge < -0.3 is 5.32 Å². The van der Waals surface area contributed by atoms with Gasteiger partial charge in [0.15, 0.2) is 0 Å². The zero-order valence-electron chi connectivity index (χ0n) is 9.54. The molecule has 0 aromatic heterocycles. The molecule has 0 spiro atoms. The van der Waals surface area contributed by atoms with E-state index in [2.05, 4.69) is 5.32 Å². The highest BCUT2D eigenvalue weighted by atomic mass is 35.5. The van der Waals surface area contributed by atoms with Crippen LogP contribution in [0.3, 0.4) is 0 Å². The minimum Gasteiger partial charge on any atom is -0.326 e. The first kappa shape index (κ1) is 14.7. The molecule has 1 amide bonds. The summed E-state index contributed by atoms with van der Waals surface area (Å²) in [5.41, 5.74) is 0.0684. The van der Waals surface area contributed by atoms with Gasteiger partial charge in [0.25, 0.3) is 0 Å². The summed E-state index contributed by atoms with van der Waals surface area (Å²) in [6, 6.07) is 3.58. The fourth-order valence-electron chi connectivity index (χ4n) is 1.19. The van der Waals surface area contributed by atoms with E-state index >= 15 is 0 Å². The molecule has 0 aliphatic heterocycles. The Morgan fingerprint density at radius 3 is 2.67 bits per heavy atom. The van der Waals surface area contributed by atoms with Crippen LogP contribution in [0.2, 0.25) is 0 Å². The Bertz CT molecular complexity index is 548. The molecule has 0 unspecified atom stereocenters. The Balaban J connectivity index is 2.90. The van der Waals surface area contributed by atoms with Crippen LogP contribution in [0, 0.1) is 5.82 Å². The van der Waals surface area contributed by atoms with Gasteiger partial charge >= 0.3 is 0 Å². The van der Waals surface area contributed by atoms with Gasteiger partial charge in [0.1, 0.15) is 5.82 Å². The summed E-state index contributed by atoms with van der Waals surface area (Å²) in [6.07, 6.45) is 1.03. The van der Waals surface area contributed by atoms with Crippen molar-refractivity contribution >= 4 is 38.9 Å². The van der Waals surface area contributed by atoms with E-state index < -0.39 is 15.8 Å². The Morgan fingerprint density at radius 1 is 1.44 bits per heavy atom. The lowest BCUT2D eigenvalue weighted by Crippen LogP contribution is -2.14. The van der Waals surface area contributed by atoms with E-state index in [1.807, 2.05) is 4.72 Å². The van der Waals surface area contributed by atoms with Crippen LogP contribution in [0.15, 0.2) is 18.2 Å². The van der Waals surface area contributed by atoms with Gasteiger partial charge in [0.2, 0.25) is 15.9 Å². The molecule has 5 nitrogen and oxygen atoms in total. The van der Waals surface area contributed by atoms with Crippen molar-refractivity contribution < 1.29 is 17.6 Å². The molecule has 100 valence electrons. The molecule has 0 atom stereocenters. The molecule has 18 heavy (non-hydrogen) atoms. The standard InChI is InChI=1S/C10H12ClFN2O3S/c1-18(16,17)14-9-6-7(2-3-8(9)12)13-10(15)4-5-11/h2-3,6,14H,4-5H2,1H3,(H,13,15). The van der Waals surface area contributed by atoms with Gasteiger partial charge in [-0.3, -0.25) is 9.52 Å². The largest absolute Gasteiger partial charge is 0.326 e. The summed E-state index contributed by atoms with van der Waals surface area (Å²) in [4.78, 5) is 11.3. The van der Waals surface area contributed by atoms with Crippen LogP contribution >= 0.6 is 11.6 Å². The third-order valence-electron chi connectivity index (χ3n) is 1.87. The van der Waals surface area contributed by atoms with Crippen molar-refractivity contribution in [2.75, 3.05) is 22.2 Å². The Kier molecular flexibility index (Phi) is 4.92. The number of halogens is 2. The van der Waals surface area contributed by atoms with E-state index in [1.54, 1.807) is 0 Å². The number of amides is 1. The van der Waals surface area contributed by atoms with Crippen molar-refractivity contribution in [3.63, 3.8) is 0 Å². The SMILES string of the molecule is CS(=O)(=O)Nc1cc(NC(=O)CCCl)ccc1F. The topological polar surface area (TPSA) is 75.3 Å². The van der Waals surface area contributed by atoms with E-state index in [-0.39, 0.29) is 29.6 Å². The van der Waals surface area contributed by atoms with E-state index in [1.165, 1.54) is 12.1 Å². The summed E-state index contributed by atoms with van der Waals surface area (Å²) in [7, 11) is -3.58. The maximum absolute atomic E-state index is 13.3. The average Bonchev–Trinajstić information content (AvgIpc) is 2.21. The predicted molar refractivity (Wildman–Crippen MR) is 68.8 cm³/mol. The molecule has 0 heterocycles. The molecule has 0 aliphatic carbocycles. The van der Waals surface area contributed by atoms with Crippen LogP contribution < -0.4 is 10.0 Å². The van der Waals surface area contributed by atoms with Crippen LogP contribution in [0.4, 0.5) is 15.8 Å². The van der Waals surface area contributed by atoms with Crippen LogP contribution in [-0.2, 0) is 14.8 Å². The molecule has 2 N–H and O–H groups in total. The molecule has 0 fully saturated rings. The minimum absolute atomic E-state index is 0.119. The third-order valence-corrected chi connectivity index (χ3v) is 2.65. The van der Waals surface area contributed by atoms with Crippen LogP contribution in [0.25, 0.3) is 0 Å². The van der Waals surface area contributed by atoms with Crippen molar-refractivity contribution in [1.29, 1.82) is 0 Å². The number of carbonyl (C=O) groups excluding carboxylic acids is 1. The smallest absolute Gasteiger partial charge is 0.229 e. The quantitative estimate of drug-likeness (QED) is 0.813. The average molecular weight is 295 g/mol. The van der Waals surface area contributed by atoms with Crippen molar-refractivity contribution in [3.8, 4) is 0 Å². The fourth-order valence-corrected chi connectivity index (χ4v) is 1.92. The van der Waals surface area contributed by atoms with Crippen molar-refractivity contribution in [2.24, 2.45) is 0 Å². The second-order valence-electron chi connectivity index (χ2n) is 3.56. The lowest BCUT2D eigenvalue weighted by Gasteiger charge is -2.09. The fraction of sp³-hybridized carbons (Fsp3) is 0.300. The van der Waals surface area contributed by atoms with Crippen molar-refractivity contribution in [2.45, 2.75) is 6.42 Å². The second kappa shape index (κ2) is 6.01. The predicted octanol–water partition coefficient (Wildman–Crippen LogP) is 1.76. The first-order valence-electron chi connectivity index (χ1n) is 4.95. The van der Waals surface area contributed by atoms with E-state index in [9.17, 15) is 17.6 Å². The molecule has 0 saturated carbocycles. The molecule has 0 radical (unpaired) electrons.